The number of rotatable bonds is 2. The van der Waals surface area contributed by atoms with Crippen LogP contribution in [0.2, 0.25) is 0 Å². The predicted molar refractivity (Wildman–Crippen MR) is 144 cm³/mol. The molecule has 184 valence electrons. The van der Waals surface area contributed by atoms with Gasteiger partial charge in [-0.25, -0.2) is 4.98 Å². The number of nitrogen functional groups attached to an aromatic ring is 1. The minimum absolute atomic E-state index is 0.0179. The molecule has 6 nitrogen and oxygen atoms in total. The number of allylic oxidation sites excluding steroid dienone is 2. The standard InChI is InChI=1S/C27H30N2O4S2/c1-3-16-4-6-20(30)12-21(31)7-5-17-11-25(33-2)24(32)13-23(17)22-8-9-26(16)35-34-15-19-10-18(22)14-29-27(19)28/h5,7-11,13-14,16,22,26,32H,3-4,6,12,15H2,1-2H3,(H2,28,29)/t16-,22-,26?/m0/s1. The first-order valence-electron chi connectivity index (χ1n) is 11.7. The SMILES string of the molecule is CC[C@H]1CCC(=O)CC(=O)C=Cc2cc(OC)c(O)cc2[C@H]2C=CC1SSCc1cc2cnc1N. The van der Waals surface area contributed by atoms with Crippen molar-refractivity contribution >= 4 is 45.0 Å². The Kier molecular flexibility index (Phi) is 8.23. The van der Waals surface area contributed by atoms with Crippen molar-refractivity contribution in [1.29, 1.82) is 0 Å². The first kappa shape index (κ1) is 25.4. The van der Waals surface area contributed by atoms with E-state index >= 15 is 0 Å². The molecule has 1 aliphatic carbocycles. The highest BCUT2D eigenvalue weighted by molar-refractivity contribution is 8.76. The van der Waals surface area contributed by atoms with Crippen molar-refractivity contribution in [1.82, 2.24) is 4.98 Å². The summed E-state index contributed by atoms with van der Waals surface area (Å²) in [4.78, 5) is 29.6. The highest BCUT2D eigenvalue weighted by Crippen LogP contribution is 2.43. The molecule has 0 radical (unpaired) electrons. The van der Waals surface area contributed by atoms with Crippen LogP contribution in [-0.2, 0) is 15.3 Å². The third kappa shape index (κ3) is 5.93. The number of nitrogens with zero attached hydrogens (tertiary/aromatic N) is 1. The Bertz CT molecular complexity index is 1180. The average molecular weight is 511 g/mol. The largest absolute Gasteiger partial charge is 0.504 e. The number of nitrogens with two attached hydrogens (primary N) is 1. The quantitative estimate of drug-likeness (QED) is 0.302. The first-order chi connectivity index (χ1) is 16.9. The minimum atomic E-state index is -0.232. The van der Waals surface area contributed by atoms with Gasteiger partial charge in [0.2, 0.25) is 0 Å². The molecular weight excluding hydrogens is 480 g/mol. The number of pyridine rings is 1. The van der Waals surface area contributed by atoms with Crippen LogP contribution in [0, 0.1) is 5.92 Å². The fourth-order valence-electron chi connectivity index (χ4n) is 4.53. The molecule has 8 heteroatoms. The van der Waals surface area contributed by atoms with E-state index in [1.165, 1.54) is 13.2 Å². The van der Waals surface area contributed by atoms with Gasteiger partial charge >= 0.3 is 0 Å². The maximum atomic E-state index is 12.6. The van der Waals surface area contributed by atoms with E-state index in [1.54, 1.807) is 46.0 Å². The second-order valence-electron chi connectivity index (χ2n) is 8.87. The molecule has 2 aromatic rings. The molecule has 4 bridgehead atoms. The van der Waals surface area contributed by atoms with Crippen LogP contribution in [0.25, 0.3) is 6.08 Å². The number of Topliss-reactive ketones (excluding diaryl/α,β-unsaturated/α-hetero) is 1. The lowest BCUT2D eigenvalue weighted by atomic mass is 9.85. The molecule has 4 rings (SSSR count). The van der Waals surface area contributed by atoms with Crippen molar-refractivity contribution in [3.63, 3.8) is 0 Å². The van der Waals surface area contributed by atoms with E-state index in [1.807, 2.05) is 0 Å². The van der Waals surface area contributed by atoms with E-state index in [0.717, 1.165) is 40.8 Å². The lowest BCUT2D eigenvalue weighted by Crippen LogP contribution is -2.17. The van der Waals surface area contributed by atoms with Gasteiger partial charge in [-0.1, -0.05) is 53.2 Å². The number of carbonyl (C=O) groups is 2. The Morgan fingerprint density at radius 2 is 2.03 bits per heavy atom. The van der Waals surface area contributed by atoms with Crippen LogP contribution in [0.3, 0.4) is 0 Å². The zero-order chi connectivity index (χ0) is 24.9. The number of benzene rings is 1. The van der Waals surface area contributed by atoms with Gasteiger partial charge in [-0.15, -0.1) is 0 Å². The van der Waals surface area contributed by atoms with E-state index in [-0.39, 0.29) is 34.9 Å². The fraction of sp³-hybridized carbons (Fsp3) is 0.370. The summed E-state index contributed by atoms with van der Waals surface area (Å²) in [6, 6.07) is 5.48. The number of methoxy groups -OCH3 is 1. The summed E-state index contributed by atoms with van der Waals surface area (Å²) < 4.78 is 5.34. The molecule has 1 aliphatic heterocycles. The Labute approximate surface area is 213 Å². The number of aromatic nitrogens is 1. The van der Waals surface area contributed by atoms with Gasteiger partial charge in [0, 0.05) is 35.1 Å². The number of carbonyl (C=O) groups excluding carboxylic acids is 2. The van der Waals surface area contributed by atoms with Gasteiger partial charge < -0.3 is 15.6 Å². The summed E-state index contributed by atoms with van der Waals surface area (Å²) >= 11 is 0. The van der Waals surface area contributed by atoms with Gasteiger partial charge in [-0.3, -0.25) is 9.59 Å². The summed E-state index contributed by atoms with van der Waals surface area (Å²) in [5.74, 6) is 1.37. The predicted octanol–water partition coefficient (Wildman–Crippen LogP) is 5.69. The van der Waals surface area contributed by atoms with Crippen molar-refractivity contribution in [3.8, 4) is 11.5 Å². The molecule has 0 amide bonds. The third-order valence-electron chi connectivity index (χ3n) is 6.59. The number of hydrogen-bond acceptors (Lipinski definition) is 8. The van der Waals surface area contributed by atoms with E-state index in [9.17, 15) is 14.7 Å². The normalized spacial score (nSPS) is 23.0. The molecular formula is C27H30N2O4S2. The smallest absolute Gasteiger partial charge is 0.163 e. The molecule has 1 aromatic carbocycles. The van der Waals surface area contributed by atoms with Crippen molar-refractivity contribution in [2.24, 2.45) is 5.92 Å². The fourth-order valence-corrected chi connectivity index (χ4v) is 7.48. The van der Waals surface area contributed by atoms with Crippen molar-refractivity contribution in [2.75, 3.05) is 12.8 Å². The van der Waals surface area contributed by atoms with Gasteiger partial charge in [0.15, 0.2) is 17.3 Å². The van der Waals surface area contributed by atoms with Gasteiger partial charge in [0.25, 0.3) is 0 Å². The molecule has 2 aliphatic rings. The summed E-state index contributed by atoms with van der Waals surface area (Å²) in [6.07, 6.45) is 11.3. The molecule has 2 heterocycles. The molecule has 1 unspecified atom stereocenters. The Hall–Kier alpha value is -2.71. The van der Waals surface area contributed by atoms with E-state index in [2.05, 4.69) is 30.1 Å². The number of aromatic hydroxyl groups is 1. The number of hydrogen-bond donors (Lipinski definition) is 2. The van der Waals surface area contributed by atoms with Crippen molar-refractivity contribution in [2.45, 2.75) is 49.5 Å². The van der Waals surface area contributed by atoms with Crippen LogP contribution in [-0.4, -0.2) is 34.0 Å². The second kappa shape index (κ2) is 11.4. The zero-order valence-corrected chi connectivity index (χ0v) is 21.5. The lowest BCUT2D eigenvalue weighted by molar-refractivity contribution is -0.124. The monoisotopic (exact) mass is 510 g/mol. The van der Waals surface area contributed by atoms with Gasteiger partial charge in [-0.05, 0) is 53.3 Å². The molecule has 1 aromatic heterocycles. The number of phenolic OH excluding ortho intramolecular Hbond substituents is 1. The number of phenols is 1. The van der Waals surface area contributed by atoms with Crippen LogP contribution in [0.5, 0.6) is 11.5 Å². The van der Waals surface area contributed by atoms with Crippen molar-refractivity contribution in [3.05, 3.63) is 64.9 Å². The first-order valence-corrected chi connectivity index (χ1v) is 14.1. The molecule has 3 atom stereocenters. The van der Waals surface area contributed by atoms with Gasteiger partial charge in [0.1, 0.15) is 11.6 Å². The Balaban J connectivity index is 1.93. The number of fused-ring (bicyclic) bond motifs is 7. The highest BCUT2D eigenvalue weighted by atomic mass is 33.1. The van der Waals surface area contributed by atoms with E-state index in [4.69, 9.17) is 10.5 Å². The molecule has 0 fully saturated rings. The number of ketones is 2. The van der Waals surface area contributed by atoms with Crippen molar-refractivity contribution < 1.29 is 19.4 Å². The van der Waals surface area contributed by atoms with E-state index < -0.39 is 0 Å². The maximum absolute atomic E-state index is 12.6. The third-order valence-corrected chi connectivity index (χ3v) is 9.35. The molecule has 35 heavy (non-hydrogen) atoms. The lowest BCUT2D eigenvalue weighted by Gasteiger charge is -2.26. The average Bonchev–Trinajstić information content (AvgIpc) is 2.84. The van der Waals surface area contributed by atoms with Crippen LogP contribution >= 0.6 is 21.6 Å². The van der Waals surface area contributed by atoms with Crippen LogP contribution in [0.15, 0.2) is 42.6 Å². The second-order valence-corrected chi connectivity index (χ2v) is 11.4. The topological polar surface area (TPSA) is 103 Å². The summed E-state index contributed by atoms with van der Waals surface area (Å²) in [7, 11) is 5.02. The minimum Gasteiger partial charge on any atom is -0.504 e. The Morgan fingerprint density at radius 1 is 1.20 bits per heavy atom. The zero-order valence-electron chi connectivity index (χ0n) is 19.9. The summed E-state index contributed by atoms with van der Waals surface area (Å²) in [6.45, 7) is 2.14. The highest BCUT2D eigenvalue weighted by Gasteiger charge is 2.25. The Morgan fingerprint density at radius 3 is 2.80 bits per heavy atom. The molecule has 3 N–H and O–H groups in total. The van der Waals surface area contributed by atoms with Gasteiger partial charge in [0.05, 0.1) is 13.5 Å². The molecule has 0 spiro atoms. The van der Waals surface area contributed by atoms with E-state index in [0.29, 0.717) is 23.9 Å². The molecule has 0 saturated heterocycles. The summed E-state index contributed by atoms with van der Waals surface area (Å²) in [5.41, 5.74) is 9.66. The number of anilines is 1. The van der Waals surface area contributed by atoms with Crippen LogP contribution in [0.1, 0.15) is 60.8 Å². The van der Waals surface area contributed by atoms with Gasteiger partial charge in [-0.2, -0.15) is 0 Å². The summed E-state index contributed by atoms with van der Waals surface area (Å²) in [5, 5.41) is 10.8. The van der Waals surface area contributed by atoms with Crippen LogP contribution in [0.4, 0.5) is 5.82 Å². The molecule has 0 saturated carbocycles. The maximum Gasteiger partial charge on any atom is 0.163 e. The number of ether oxygens (including phenoxy) is 1. The van der Waals surface area contributed by atoms with Crippen LogP contribution < -0.4 is 10.5 Å².